The van der Waals surface area contributed by atoms with Gasteiger partial charge in [0, 0.05) is 12.6 Å². The Morgan fingerprint density at radius 1 is 0.500 bits per heavy atom. The Morgan fingerprint density at radius 3 is 1.41 bits per heavy atom. The fourth-order valence-corrected chi connectivity index (χ4v) is 5.20. The van der Waals surface area contributed by atoms with Crippen molar-refractivity contribution >= 4 is 0 Å². The molecule has 0 saturated carbocycles. The van der Waals surface area contributed by atoms with Gasteiger partial charge in [-0.2, -0.15) is 0 Å². The van der Waals surface area contributed by atoms with Crippen LogP contribution in [0.15, 0.2) is 0 Å². The molecule has 0 aliphatic heterocycles. The predicted octanol–water partition coefficient (Wildman–Crippen LogP) is 10.2. The first kappa shape index (κ1) is 33.9. The molecule has 0 aromatic rings. The molecule has 1 atom stereocenters. The van der Waals surface area contributed by atoms with E-state index in [0.29, 0.717) is 6.04 Å². The first-order valence-corrected chi connectivity index (χ1v) is 16.1. The van der Waals surface area contributed by atoms with Gasteiger partial charge in [-0.15, -0.1) is 0 Å². The highest BCUT2D eigenvalue weighted by atomic mass is 15.1. The van der Waals surface area contributed by atoms with Crippen LogP contribution in [0, 0.1) is 5.92 Å². The van der Waals surface area contributed by atoms with Gasteiger partial charge in [0.1, 0.15) is 0 Å². The summed E-state index contributed by atoms with van der Waals surface area (Å²) < 4.78 is 0. The van der Waals surface area contributed by atoms with Gasteiger partial charge in [-0.1, -0.05) is 137 Å². The normalized spacial score (nSPS) is 12.8. The fraction of sp³-hybridized carbons (Fsp3) is 1.00. The average molecular weight is 481 g/mol. The molecule has 206 valence electrons. The summed E-state index contributed by atoms with van der Waals surface area (Å²) in [6.45, 7) is 16.7. The molecule has 34 heavy (non-hydrogen) atoms. The minimum atomic E-state index is 0.625. The second-order valence-electron chi connectivity index (χ2n) is 11.5. The van der Waals surface area contributed by atoms with Crippen molar-refractivity contribution in [3.8, 4) is 0 Å². The van der Waals surface area contributed by atoms with Crippen LogP contribution in [0.25, 0.3) is 0 Å². The first-order chi connectivity index (χ1) is 16.6. The van der Waals surface area contributed by atoms with Gasteiger partial charge in [0.25, 0.3) is 0 Å². The zero-order valence-corrected chi connectivity index (χ0v) is 24.8. The Bertz CT molecular complexity index is 368. The molecule has 0 fully saturated rings. The molecule has 1 unspecified atom stereocenters. The molecule has 0 rings (SSSR count). The van der Waals surface area contributed by atoms with Crippen molar-refractivity contribution in [2.24, 2.45) is 5.92 Å². The van der Waals surface area contributed by atoms with E-state index >= 15 is 0 Å². The third kappa shape index (κ3) is 25.0. The molecule has 2 heteroatoms. The molecule has 0 amide bonds. The van der Waals surface area contributed by atoms with Crippen LogP contribution in [0.2, 0.25) is 0 Å². The Morgan fingerprint density at radius 2 is 0.912 bits per heavy atom. The van der Waals surface area contributed by atoms with Crippen molar-refractivity contribution in [1.29, 1.82) is 0 Å². The van der Waals surface area contributed by atoms with Crippen LogP contribution in [0.3, 0.4) is 0 Å². The quantitative estimate of drug-likeness (QED) is 0.112. The Balaban J connectivity index is 4.55. The molecule has 0 aromatic carbocycles. The van der Waals surface area contributed by atoms with Gasteiger partial charge in [-0.3, -0.25) is 0 Å². The molecular weight excluding hydrogens is 412 g/mol. The largest absolute Gasteiger partial charge is 0.315 e. The molecular formula is C32H68N2. The van der Waals surface area contributed by atoms with Crippen LogP contribution in [0.5, 0.6) is 0 Å². The minimum Gasteiger partial charge on any atom is -0.315 e. The zero-order valence-electron chi connectivity index (χ0n) is 24.8. The van der Waals surface area contributed by atoms with Gasteiger partial charge >= 0.3 is 0 Å². The molecule has 0 aromatic heterocycles. The number of rotatable bonds is 28. The van der Waals surface area contributed by atoms with Crippen molar-refractivity contribution in [3.63, 3.8) is 0 Å². The molecule has 0 heterocycles. The smallest absolute Gasteiger partial charge is 0.00103 e. The van der Waals surface area contributed by atoms with Crippen molar-refractivity contribution in [3.05, 3.63) is 0 Å². The lowest BCUT2D eigenvalue weighted by Gasteiger charge is -2.28. The second-order valence-corrected chi connectivity index (χ2v) is 11.5. The van der Waals surface area contributed by atoms with Gasteiger partial charge in [0.05, 0.1) is 0 Å². The lowest BCUT2D eigenvalue weighted by atomic mass is 9.93. The third-order valence-electron chi connectivity index (χ3n) is 7.48. The van der Waals surface area contributed by atoms with Crippen molar-refractivity contribution in [2.45, 2.75) is 175 Å². The van der Waals surface area contributed by atoms with Gasteiger partial charge in [-0.25, -0.2) is 0 Å². The van der Waals surface area contributed by atoms with Crippen molar-refractivity contribution in [1.82, 2.24) is 10.2 Å². The fourth-order valence-electron chi connectivity index (χ4n) is 5.20. The van der Waals surface area contributed by atoms with E-state index in [9.17, 15) is 0 Å². The number of unbranched alkanes of at least 4 members (excludes halogenated alkanes) is 15. The van der Waals surface area contributed by atoms with Crippen molar-refractivity contribution in [2.75, 3.05) is 26.2 Å². The SMILES string of the molecule is CCCCCCCCC(CCCCCC)CN(CCCCCCCC)CCCCCNC(C)C. The van der Waals surface area contributed by atoms with Gasteiger partial charge in [0.15, 0.2) is 0 Å². The molecule has 0 spiro atoms. The van der Waals surface area contributed by atoms with Crippen LogP contribution in [0.1, 0.15) is 169 Å². The predicted molar refractivity (Wildman–Crippen MR) is 157 cm³/mol. The van der Waals surface area contributed by atoms with E-state index in [0.717, 1.165) is 5.92 Å². The van der Waals surface area contributed by atoms with Gasteiger partial charge in [-0.05, 0) is 57.7 Å². The van der Waals surface area contributed by atoms with Crippen LogP contribution in [-0.4, -0.2) is 37.1 Å². The molecule has 1 N–H and O–H groups in total. The maximum atomic E-state index is 3.59. The summed E-state index contributed by atoms with van der Waals surface area (Å²) in [5.74, 6) is 0.936. The van der Waals surface area contributed by atoms with E-state index in [1.54, 1.807) is 0 Å². The molecule has 0 saturated heterocycles. The summed E-state index contributed by atoms with van der Waals surface area (Å²) in [7, 11) is 0. The van der Waals surface area contributed by atoms with Crippen LogP contribution >= 0.6 is 0 Å². The maximum Gasteiger partial charge on any atom is 0.00103 e. The summed E-state index contributed by atoms with van der Waals surface area (Å²) in [4.78, 5) is 2.89. The molecule has 0 aliphatic rings. The lowest BCUT2D eigenvalue weighted by molar-refractivity contribution is 0.204. The average Bonchev–Trinajstić information content (AvgIpc) is 2.82. The summed E-state index contributed by atoms with van der Waals surface area (Å²) >= 11 is 0. The topological polar surface area (TPSA) is 15.3 Å². The number of nitrogens with one attached hydrogen (secondary N) is 1. The molecule has 0 aliphatic carbocycles. The van der Waals surface area contributed by atoms with Gasteiger partial charge in [0.2, 0.25) is 0 Å². The summed E-state index contributed by atoms with van der Waals surface area (Å²) in [6.07, 6.45) is 29.9. The van der Waals surface area contributed by atoms with E-state index in [1.165, 1.54) is 161 Å². The van der Waals surface area contributed by atoms with E-state index in [-0.39, 0.29) is 0 Å². The van der Waals surface area contributed by atoms with Crippen molar-refractivity contribution < 1.29 is 0 Å². The second kappa shape index (κ2) is 27.5. The number of nitrogens with zero attached hydrogens (tertiary/aromatic N) is 1. The van der Waals surface area contributed by atoms with E-state index in [1.807, 2.05) is 0 Å². The van der Waals surface area contributed by atoms with Crippen LogP contribution in [0.4, 0.5) is 0 Å². The highest BCUT2D eigenvalue weighted by Gasteiger charge is 2.14. The van der Waals surface area contributed by atoms with E-state index in [4.69, 9.17) is 0 Å². The number of hydrogen-bond donors (Lipinski definition) is 1. The van der Waals surface area contributed by atoms with E-state index in [2.05, 4.69) is 44.8 Å². The molecule has 2 nitrogen and oxygen atoms in total. The Labute approximate surface area is 217 Å². The summed E-state index contributed by atoms with van der Waals surface area (Å²) in [6, 6.07) is 0.625. The van der Waals surface area contributed by atoms with Gasteiger partial charge < -0.3 is 10.2 Å². The summed E-state index contributed by atoms with van der Waals surface area (Å²) in [5.41, 5.74) is 0. The Kier molecular flexibility index (Phi) is 27.4. The summed E-state index contributed by atoms with van der Waals surface area (Å²) in [5, 5.41) is 3.59. The minimum absolute atomic E-state index is 0.625. The standard InChI is InChI=1S/C32H68N2/c1-6-9-12-15-17-21-26-32(25-20-14-11-8-3)30-34(28-23-18-16-13-10-7-2)29-24-19-22-27-33-31(4)5/h31-33H,6-30H2,1-5H3. The Hall–Kier alpha value is -0.0800. The monoisotopic (exact) mass is 481 g/mol. The lowest BCUT2D eigenvalue weighted by Crippen LogP contribution is -2.32. The highest BCUT2D eigenvalue weighted by molar-refractivity contribution is 4.69. The first-order valence-electron chi connectivity index (χ1n) is 16.1. The maximum absolute atomic E-state index is 3.59. The molecule has 0 radical (unpaired) electrons. The van der Waals surface area contributed by atoms with Crippen LogP contribution in [-0.2, 0) is 0 Å². The molecule has 0 bridgehead atoms. The number of hydrogen-bond acceptors (Lipinski definition) is 2. The highest BCUT2D eigenvalue weighted by Crippen LogP contribution is 2.21. The third-order valence-corrected chi connectivity index (χ3v) is 7.48. The van der Waals surface area contributed by atoms with E-state index < -0.39 is 0 Å². The van der Waals surface area contributed by atoms with Crippen LogP contribution < -0.4 is 5.32 Å². The zero-order chi connectivity index (χ0) is 25.1.